The van der Waals surface area contributed by atoms with E-state index in [1.165, 1.54) is 24.3 Å². The Bertz CT molecular complexity index is 1310. The average molecular weight is 444 g/mol. The van der Waals surface area contributed by atoms with E-state index in [9.17, 15) is 14.4 Å². The molecule has 0 aliphatic rings. The molecule has 0 fully saturated rings. The molecule has 3 N–H and O–H groups in total. The van der Waals surface area contributed by atoms with E-state index in [0.717, 1.165) is 11.0 Å². The number of H-pyrrole nitrogens is 1. The molecule has 3 aromatic carbocycles. The van der Waals surface area contributed by atoms with Gasteiger partial charge in [0.05, 0.1) is 35.3 Å². The van der Waals surface area contributed by atoms with E-state index in [1.807, 2.05) is 0 Å². The molecule has 166 valence electrons. The summed E-state index contributed by atoms with van der Waals surface area (Å²) in [5, 5.41) is 5.61. The monoisotopic (exact) mass is 444 g/mol. The van der Waals surface area contributed by atoms with E-state index in [-0.39, 0.29) is 18.3 Å². The predicted molar refractivity (Wildman–Crippen MR) is 123 cm³/mol. The highest BCUT2D eigenvalue weighted by Gasteiger charge is 2.14. The number of carbonyl (C=O) groups is 3. The zero-order chi connectivity index (χ0) is 23.2. The lowest BCUT2D eigenvalue weighted by Gasteiger charge is -2.13. The molecule has 4 rings (SSSR count). The number of fused-ring (bicyclic) bond motifs is 1. The van der Waals surface area contributed by atoms with Crippen molar-refractivity contribution < 1.29 is 23.9 Å². The number of imidazole rings is 1. The Morgan fingerprint density at radius 1 is 0.879 bits per heavy atom. The van der Waals surface area contributed by atoms with Crippen molar-refractivity contribution in [3.63, 3.8) is 0 Å². The molecule has 33 heavy (non-hydrogen) atoms. The van der Waals surface area contributed by atoms with Crippen LogP contribution >= 0.6 is 0 Å². The van der Waals surface area contributed by atoms with E-state index < -0.39 is 12.1 Å². The molecule has 0 spiro atoms. The normalized spacial score (nSPS) is 10.5. The second kappa shape index (κ2) is 9.65. The van der Waals surface area contributed by atoms with Crippen LogP contribution in [0.25, 0.3) is 11.0 Å². The highest BCUT2D eigenvalue weighted by Crippen LogP contribution is 2.23. The highest BCUT2D eigenvalue weighted by atomic mass is 16.7. The van der Waals surface area contributed by atoms with Gasteiger partial charge in [0.25, 0.3) is 11.8 Å². The van der Waals surface area contributed by atoms with Gasteiger partial charge in [0.1, 0.15) is 5.75 Å². The summed E-state index contributed by atoms with van der Waals surface area (Å²) >= 11 is 0. The lowest BCUT2D eigenvalue weighted by atomic mass is 10.1. The van der Waals surface area contributed by atoms with Crippen molar-refractivity contribution in [1.82, 2.24) is 9.97 Å². The maximum atomic E-state index is 12.7. The van der Waals surface area contributed by atoms with Crippen LogP contribution in [-0.2, 0) is 4.74 Å². The summed E-state index contributed by atoms with van der Waals surface area (Å²) in [5.41, 5.74) is 3.19. The first-order chi connectivity index (χ1) is 16.0. The number of benzene rings is 3. The largest absolute Gasteiger partial charge is 0.513 e. The summed E-state index contributed by atoms with van der Waals surface area (Å²) in [7, 11) is 0. The molecule has 9 nitrogen and oxygen atoms in total. The van der Waals surface area contributed by atoms with Crippen LogP contribution in [0, 0.1) is 0 Å². The van der Waals surface area contributed by atoms with Gasteiger partial charge in [0.2, 0.25) is 0 Å². The molecule has 0 bridgehead atoms. The third-order valence-electron chi connectivity index (χ3n) is 4.69. The van der Waals surface area contributed by atoms with Crippen LogP contribution in [0.2, 0.25) is 0 Å². The quantitative estimate of drug-likeness (QED) is 0.295. The fraction of sp³-hybridized carbons (Fsp3) is 0.0833. The first kappa shape index (κ1) is 21.6. The summed E-state index contributed by atoms with van der Waals surface area (Å²) < 4.78 is 9.70. The van der Waals surface area contributed by atoms with Crippen molar-refractivity contribution in [3.8, 4) is 5.75 Å². The number of rotatable bonds is 6. The maximum absolute atomic E-state index is 12.7. The molecule has 0 saturated carbocycles. The van der Waals surface area contributed by atoms with Crippen LogP contribution < -0.4 is 15.4 Å². The van der Waals surface area contributed by atoms with Crippen molar-refractivity contribution in [3.05, 3.63) is 84.2 Å². The third-order valence-corrected chi connectivity index (χ3v) is 4.69. The van der Waals surface area contributed by atoms with Gasteiger partial charge >= 0.3 is 6.16 Å². The Hall–Kier alpha value is -4.66. The van der Waals surface area contributed by atoms with E-state index in [4.69, 9.17) is 9.47 Å². The first-order valence-corrected chi connectivity index (χ1v) is 10.1. The van der Waals surface area contributed by atoms with E-state index >= 15 is 0 Å². The molecular weight excluding hydrogens is 424 g/mol. The number of anilines is 2. The van der Waals surface area contributed by atoms with Gasteiger partial charge in [-0.25, -0.2) is 9.78 Å². The molecule has 4 aromatic rings. The molecule has 0 atom stereocenters. The van der Waals surface area contributed by atoms with Crippen molar-refractivity contribution in [1.29, 1.82) is 0 Å². The van der Waals surface area contributed by atoms with Gasteiger partial charge in [0.15, 0.2) is 0 Å². The molecule has 9 heteroatoms. The lowest BCUT2D eigenvalue weighted by molar-refractivity contribution is 0.101. The minimum atomic E-state index is -0.814. The lowest BCUT2D eigenvalue weighted by Crippen LogP contribution is -2.17. The molecule has 0 aliphatic heterocycles. The number of amides is 2. The zero-order valence-corrected chi connectivity index (χ0v) is 17.6. The Balaban J connectivity index is 1.45. The first-order valence-electron chi connectivity index (χ1n) is 10.1. The van der Waals surface area contributed by atoms with E-state index in [2.05, 4.69) is 20.6 Å². The molecule has 0 radical (unpaired) electrons. The van der Waals surface area contributed by atoms with Gasteiger partial charge < -0.3 is 25.1 Å². The maximum Gasteiger partial charge on any atom is 0.513 e. The van der Waals surface area contributed by atoms with Gasteiger partial charge in [-0.3, -0.25) is 9.59 Å². The van der Waals surface area contributed by atoms with Crippen molar-refractivity contribution in [2.45, 2.75) is 6.92 Å². The van der Waals surface area contributed by atoms with Crippen LogP contribution in [0.15, 0.2) is 73.1 Å². The van der Waals surface area contributed by atoms with Crippen molar-refractivity contribution in [2.75, 3.05) is 17.2 Å². The van der Waals surface area contributed by atoms with Gasteiger partial charge in [-0.1, -0.05) is 12.1 Å². The Labute approximate surface area is 188 Å². The summed E-state index contributed by atoms with van der Waals surface area (Å²) in [6.45, 7) is 1.87. The molecule has 0 saturated heterocycles. The molecule has 1 heterocycles. The topological polar surface area (TPSA) is 122 Å². The number of carbonyl (C=O) groups excluding carboxylic acids is 3. The van der Waals surface area contributed by atoms with Crippen LogP contribution in [0.1, 0.15) is 27.6 Å². The number of para-hydroxylation sites is 2. The summed E-state index contributed by atoms with van der Waals surface area (Å²) in [6, 6.07) is 18.0. The van der Waals surface area contributed by atoms with Crippen LogP contribution in [0.5, 0.6) is 5.75 Å². The second-order valence-corrected chi connectivity index (χ2v) is 6.90. The fourth-order valence-corrected chi connectivity index (χ4v) is 3.08. The second-order valence-electron chi connectivity index (χ2n) is 6.90. The van der Waals surface area contributed by atoms with Crippen molar-refractivity contribution in [2.24, 2.45) is 0 Å². The molecule has 0 aliphatic carbocycles. The molecule has 2 amide bonds. The molecule has 1 aromatic heterocycles. The Morgan fingerprint density at radius 2 is 1.52 bits per heavy atom. The minimum absolute atomic E-state index is 0.201. The van der Waals surface area contributed by atoms with Crippen LogP contribution in [0.4, 0.5) is 16.2 Å². The van der Waals surface area contributed by atoms with E-state index in [0.29, 0.717) is 22.5 Å². The van der Waals surface area contributed by atoms with Gasteiger partial charge in [-0.05, 0) is 61.5 Å². The average Bonchev–Trinajstić information content (AvgIpc) is 3.29. The number of nitrogens with zero attached hydrogens (tertiary/aromatic N) is 1. The number of hydrogen-bond donors (Lipinski definition) is 3. The smallest absolute Gasteiger partial charge is 0.434 e. The summed E-state index contributed by atoms with van der Waals surface area (Å²) in [6.07, 6.45) is 0.748. The molecule has 0 unspecified atom stereocenters. The Morgan fingerprint density at radius 3 is 2.18 bits per heavy atom. The van der Waals surface area contributed by atoms with Gasteiger partial charge in [-0.2, -0.15) is 0 Å². The minimum Gasteiger partial charge on any atom is -0.434 e. The SMILES string of the molecule is CCOC(=O)Oc1ccc(C(=O)Nc2ccccc2NC(=O)c2ccc3nc[nH]c3c2)cc1. The zero-order valence-electron chi connectivity index (χ0n) is 17.6. The standard InChI is InChI=1S/C24H20N4O5/c1-2-32-24(31)33-17-10-7-15(8-11-17)22(29)27-19-5-3-4-6-20(19)28-23(30)16-9-12-18-21(13-16)26-14-25-18/h3-14H,2H2,1H3,(H,25,26)(H,27,29)(H,28,30). The predicted octanol–water partition coefficient (Wildman–Crippen LogP) is 4.60. The molecular formula is C24H20N4O5. The summed E-state index contributed by atoms with van der Waals surface area (Å²) in [4.78, 5) is 44.0. The van der Waals surface area contributed by atoms with Crippen LogP contribution in [-0.4, -0.2) is 34.5 Å². The summed E-state index contributed by atoms with van der Waals surface area (Å²) in [5.74, 6) is -0.459. The van der Waals surface area contributed by atoms with Crippen LogP contribution in [0.3, 0.4) is 0 Å². The Kier molecular flexibility index (Phi) is 6.31. The number of nitrogens with one attached hydrogen (secondary N) is 3. The number of aromatic amines is 1. The fourth-order valence-electron chi connectivity index (χ4n) is 3.08. The third kappa shape index (κ3) is 5.16. The van der Waals surface area contributed by atoms with Gasteiger partial charge in [0, 0.05) is 11.1 Å². The number of ether oxygens (including phenoxy) is 2. The van der Waals surface area contributed by atoms with Gasteiger partial charge in [-0.15, -0.1) is 0 Å². The number of aromatic nitrogens is 2. The highest BCUT2D eigenvalue weighted by molar-refractivity contribution is 6.10. The van der Waals surface area contributed by atoms with Crippen molar-refractivity contribution >= 4 is 40.4 Å². The van der Waals surface area contributed by atoms with E-state index in [1.54, 1.807) is 55.7 Å². The number of hydrogen-bond acceptors (Lipinski definition) is 6.